The van der Waals surface area contributed by atoms with Crippen LogP contribution in [0.1, 0.15) is 23.4 Å². The van der Waals surface area contributed by atoms with Gasteiger partial charge in [0, 0.05) is 43.7 Å². The van der Waals surface area contributed by atoms with Gasteiger partial charge >= 0.3 is 0 Å². The second-order valence-corrected chi connectivity index (χ2v) is 8.02. The van der Waals surface area contributed by atoms with Gasteiger partial charge in [0.05, 0.1) is 11.4 Å². The lowest BCUT2D eigenvalue weighted by atomic mass is 10.1. The Morgan fingerprint density at radius 3 is 2.53 bits per heavy atom. The maximum absolute atomic E-state index is 12.7. The van der Waals surface area contributed by atoms with E-state index in [0.29, 0.717) is 25.9 Å². The van der Waals surface area contributed by atoms with E-state index in [4.69, 9.17) is 14.0 Å². The van der Waals surface area contributed by atoms with Gasteiger partial charge in [-0.25, -0.2) is 0 Å². The molecule has 4 heterocycles. The summed E-state index contributed by atoms with van der Waals surface area (Å²) in [5.41, 5.74) is 3.61. The van der Waals surface area contributed by atoms with Crippen molar-refractivity contribution in [3.63, 3.8) is 0 Å². The van der Waals surface area contributed by atoms with E-state index >= 15 is 0 Å². The van der Waals surface area contributed by atoms with Gasteiger partial charge in [0.2, 0.25) is 12.7 Å². The van der Waals surface area contributed by atoms with Crippen LogP contribution in [0.4, 0.5) is 5.82 Å². The first-order chi connectivity index (χ1) is 15.6. The maximum Gasteiger partial charge on any atom is 0.231 e. The summed E-state index contributed by atoms with van der Waals surface area (Å²) in [7, 11) is 0. The Kier molecular flexibility index (Phi) is 5.38. The highest BCUT2D eigenvalue weighted by atomic mass is 16.7. The zero-order valence-corrected chi connectivity index (χ0v) is 18.2. The predicted molar refractivity (Wildman–Crippen MR) is 117 cm³/mol. The lowest BCUT2D eigenvalue weighted by molar-refractivity contribution is -0.131. The molecule has 0 atom stereocenters. The molecule has 2 aliphatic rings. The van der Waals surface area contributed by atoms with Gasteiger partial charge < -0.3 is 23.8 Å². The molecule has 2 aromatic heterocycles. The highest BCUT2D eigenvalue weighted by Gasteiger charge is 2.23. The number of carbonyl (C=O) groups excluding carboxylic acids is 1. The molecule has 166 valence electrons. The molecule has 0 bridgehead atoms. The van der Waals surface area contributed by atoms with E-state index in [1.54, 1.807) is 0 Å². The fraction of sp³-hybridized carbons (Fsp3) is 0.391. The number of benzene rings is 1. The van der Waals surface area contributed by atoms with E-state index in [0.717, 1.165) is 58.7 Å². The zero-order valence-electron chi connectivity index (χ0n) is 18.2. The van der Waals surface area contributed by atoms with Crippen LogP contribution in [0, 0.1) is 13.8 Å². The molecule has 0 radical (unpaired) electrons. The Hall–Kier alpha value is -3.62. The van der Waals surface area contributed by atoms with E-state index in [-0.39, 0.29) is 12.7 Å². The van der Waals surface area contributed by atoms with Gasteiger partial charge in [-0.1, -0.05) is 5.16 Å². The molecule has 1 fully saturated rings. The number of anilines is 1. The molecule has 0 aliphatic carbocycles. The number of carbonyl (C=O) groups is 1. The minimum absolute atomic E-state index is 0.161. The first-order valence-corrected chi connectivity index (χ1v) is 10.8. The van der Waals surface area contributed by atoms with Crippen LogP contribution in [-0.2, 0) is 11.2 Å². The fourth-order valence-electron chi connectivity index (χ4n) is 4.14. The largest absolute Gasteiger partial charge is 0.454 e. The molecule has 0 saturated carbocycles. The van der Waals surface area contributed by atoms with Crippen molar-refractivity contribution in [3.8, 4) is 22.8 Å². The predicted octanol–water partition coefficient (Wildman–Crippen LogP) is 2.76. The van der Waals surface area contributed by atoms with Crippen molar-refractivity contribution >= 4 is 11.7 Å². The van der Waals surface area contributed by atoms with Crippen LogP contribution < -0.4 is 14.4 Å². The van der Waals surface area contributed by atoms with Crippen LogP contribution in [0.5, 0.6) is 11.5 Å². The molecule has 0 N–H and O–H groups in total. The molecule has 1 saturated heterocycles. The van der Waals surface area contributed by atoms with Crippen LogP contribution in [0.15, 0.2) is 34.9 Å². The molecule has 3 aromatic rings. The second-order valence-electron chi connectivity index (χ2n) is 8.02. The van der Waals surface area contributed by atoms with E-state index in [2.05, 4.69) is 20.3 Å². The van der Waals surface area contributed by atoms with Crippen molar-refractivity contribution in [1.29, 1.82) is 0 Å². The molecule has 1 aromatic carbocycles. The summed E-state index contributed by atoms with van der Waals surface area (Å²) in [4.78, 5) is 16.7. The Labute approximate surface area is 185 Å². The summed E-state index contributed by atoms with van der Waals surface area (Å²) in [6.07, 6.45) is 1.12. The quantitative estimate of drug-likeness (QED) is 0.604. The Balaban J connectivity index is 1.16. The standard InChI is InChI=1S/C23H25N5O4/c1-15-18(16(2)32-26-15)4-8-23(29)28-11-9-27(10-12-28)22-7-5-19(24-25-22)17-3-6-20-21(13-17)31-14-30-20/h3,5-7,13H,4,8-12,14H2,1-2H3. The number of aryl methyl sites for hydroxylation is 2. The van der Waals surface area contributed by atoms with E-state index in [9.17, 15) is 4.79 Å². The molecule has 0 spiro atoms. The van der Waals surface area contributed by atoms with E-state index in [1.807, 2.05) is 49.1 Å². The van der Waals surface area contributed by atoms with Crippen LogP contribution >= 0.6 is 0 Å². The van der Waals surface area contributed by atoms with Gasteiger partial charge in [-0.15, -0.1) is 10.2 Å². The van der Waals surface area contributed by atoms with Crippen molar-refractivity contribution in [2.24, 2.45) is 0 Å². The van der Waals surface area contributed by atoms with Crippen molar-refractivity contribution in [1.82, 2.24) is 20.3 Å². The summed E-state index contributed by atoms with van der Waals surface area (Å²) in [6.45, 7) is 6.85. The van der Waals surface area contributed by atoms with Gasteiger partial charge in [-0.2, -0.15) is 0 Å². The summed E-state index contributed by atoms with van der Waals surface area (Å²) < 4.78 is 16.0. The number of ether oxygens (including phenoxy) is 2. The topological polar surface area (TPSA) is 93.8 Å². The molecule has 32 heavy (non-hydrogen) atoms. The number of hydrogen-bond donors (Lipinski definition) is 0. The summed E-state index contributed by atoms with van der Waals surface area (Å²) >= 11 is 0. The third-order valence-corrected chi connectivity index (χ3v) is 6.05. The van der Waals surface area contributed by atoms with Gasteiger partial charge in [0.1, 0.15) is 5.76 Å². The Bertz CT molecular complexity index is 1100. The van der Waals surface area contributed by atoms with E-state index < -0.39 is 0 Å². The molecule has 0 unspecified atom stereocenters. The summed E-state index contributed by atoms with van der Waals surface area (Å²) in [6, 6.07) is 9.68. The lowest BCUT2D eigenvalue weighted by Crippen LogP contribution is -2.49. The average molecular weight is 435 g/mol. The third-order valence-electron chi connectivity index (χ3n) is 6.05. The van der Waals surface area contributed by atoms with Crippen LogP contribution in [0.3, 0.4) is 0 Å². The maximum atomic E-state index is 12.7. The lowest BCUT2D eigenvalue weighted by Gasteiger charge is -2.35. The van der Waals surface area contributed by atoms with E-state index in [1.165, 1.54) is 0 Å². The van der Waals surface area contributed by atoms with Crippen LogP contribution in [-0.4, -0.2) is 59.1 Å². The average Bonchev–Trinajstić information content (AvgIpc) is 3.43. The Morgan fingerprint density at radius 1 is 1.00 bits per heavy atom. The molecule has 1 amide bonds. The number of amides is 1. The number of fused-ring (bicyclic) bond motifs is 1. The summed E-state index contributed by atoms with van der Waals surface area (Å²) in [5.74, 6) is 3.25. The number of rotatable bonds is 5. The molecule has 2 aliphatic heterocycles. The highest BCUT2D eigenvalue weighted by Crippen LogP contribution is 2.35. The van der Waals surface area contributed by atoms with Crippen molar-refractivity contribution in [2.75, 3.05) is 37.9 Å². The smallest absolute Gasteiger partial charge is 0.231 e. The first-order valence-electron chi connectivity index (χ1n) is 10.8. The van der Waals surface area contributed by atoms with Crippen LogP contribution in [0.25, 0.3) is 11.3 Å². The minimum atomic E-state index is 0.161. The number of aromatic nitrogens is 3. The molecule has 5 rings (SSSR count). The number of nitrogens with zero attached hydrogens (tertiary/aromatic N) is 5. The normalized spacial score (nSPS) is 15.3. The van der Waals surface area contributed by atoms with Gasteiger partial charge in [0.15, 0.2) is 17.3 Å². The first kappa shape index (κ1) is 20.3. The fourth-order valence-corrected chi connectivity index (χ4v) is 4.14. The molecular weight excluding hydrogens is 410 g/mol. The van der Waals surface area contributed by atoms with Crippen molar-refractivity contribution in [2.45, 2.75) is 26.7 Å². The van der Waals surface area contributed by atoms with Crippen molar-refractivity contribution in [3.05, 3.63) is 47.3 Å². The number of hydrogen-bond acceptors (Lipinski definition) is 8. The monoisotopic (exact) mass is 435 g/mol. The summed E-state index contributed by atoms with van der Waals surface area (Å²) in [5, 5.41) is 12.8. The van der Waals surface area contributed by atoms with Gasteiger partial charge in [-0.3, -0.25) is 4.79 Å². The second kappa shape index (κ2) is 8.49. The number of piperazine rings is 1. The highest BCUT2D eigenvalue weighted by molar-refractivity contribution is 5.77. The zero-order chi connectivity index (χ0) is 22.1. The molecular formula is C23H25N5O4. The minimum Gasteiger partial charge on any atom is -0.454 e. The van der Waals surface area contributed by atoms with Crippen molar-refractivity contribution < 1.29 is 18.8 Å². The Morgan fingerprint density at radius 2 is 1.81 bits per heavy atom. The SMILES string of the molecule is Cc1noc(C)c1CCC(=O)N1CCN(c2ccc(-c3ccc4c(c3)OCO4)nn2)CC1. The van der Waals surface area contributed by atoms with Gasteiger partial charge in [0.25, 0.3) is 0 Å². The van der Waals surface area contributed by atoms with Gasteiger partial charge in [-0.05, 0) is 50.6 Å². The van der Waals surface area contributed by atoms with Crippen LogP contribution in [0.2, 0.25) is 0 Å². The molecule has 9 nitrogen and oxygen atoms in total. The molecule has 9 heteroatoms. The third kappa shape index (κ3) is 3.98.